The first-order valence-electron chi connectivity index (χ1n) is 10.00. The average molecular weight is 472 g/mol. The van der Waals surface area contributed by atoms with Crippen molar-refractivity contribution in [3.63, 3.8) is 0 Å². The number of rotatable bonds is 10. The molecule has 5 nitrogen and oxygen atoms in total. The van der Waals surface area contributed by atoms with E-state index in [0.717, 1.165) is 36.1 Å². The molecule has 0 aliphatic carbocycles. The van der Waals surface area contributed by atoms with Crippen molar-refractivity contribution in [3.05, 3.63) is 43.7 Å². The van der Waals surface area contributed by atoms with Crippen molar-refractivity contribution in [2.75, 3.05) is 18.5 Å². The maximum atomic E-state index is 12.8. The Kier molecular flexibility index (Phi) is 9.46. The lowest BCUT2D eigenvalue weighted by molar-refractivity contribution is 0.0527. The summed E-state index contributed by atoms with van der Waals surface area (Å²) in [6.45, 7) is 8.37. The van der Waals surface area contributed by atoms with Gasteiger partial charge in [0.1, 0.15) is 5.00 Å². The monoisotopic (exact) mass is 471 g/mol. The third-order valence-electron chi connectivity index (χ3n) is 4.60. The number of ether oxygens (including phenoxy) is 2. The molecule has 2 rings (SSSR count). The Labute approximate surface area is 191 Å². The third-order valence-corrected chi connectivity index (χ3v) is 6.28. The number of carbonyl (C=O) groups is 2. The van der Waals surface area contributed by atoms with Crippen molar-refractivity contribution in [3.8, 4) is 5.75 Å². The number of nitrogens with one attached hydrogen (secondary N) is 1. The Morgan fingerprint density at radius 2 is 1.73 bits per heavy atom. The first-order valence-corrected chi connectivity index (χ1v) is 11.6. The van der Waals surface area contributed by atoms with Crippen LogP contribution < -0.4 is 10.1 Å². The van der Waals surface area contributed by atoms with Gasteiger partial charge in [0.2, 0.25) is 0 Å². The molecule has 0 saturated carbocycles. The molecule has 1 aromatic carbocycles. The number of carbonyl (C=O) groups excluding carboxylic acids is 2. The summed E-state index contributed by atoms with van der Waals surface area (Å²) in [7, 11) is 0. The zero-order valence-corrected chi connectivity index (χ0v) is 20.0. The predicted molar refractivity (Wildman–Crippen MR) is 124 cm³/mol. The number of halogens is 2. The van der Waals surface area contributed by atoms with Crippen LogP contribution in [0.25, 0.3) is 0 Å². The van der Waals surface area contributed by atoms with Gasteiger partial charge in [-0.15, -0.1) is 11.3 Å². The lowest BCUT2D eigenvalue weighted by Crippen LogP contribution is -2.15. The summed E-state index contributed by atoms with van der Waals surface area (Å²) in [6.07, 6.45) is 4.29. The Bertz CT molecular complexity index is 888. The van der Waals surface area contributed by atoms with E-state index in [1.54, 1.807) is 6.92 Å². The van der Waals surface area contributed by atoms with E-state index in [2.05, 4.69) is 12.2 Å². The lowest BCUT2D eigenvalue weighted by Gasteiger charge is -2.12. The highest BCUT2D eigenvalue weighted by atomic mass is 35.5. The molecular weight excluding hydrogens is 445 g/mol. The van der Waals surface area contributed by atoms with E-state index in [1.165, 1.54) is 23.5 Å². The van der Waals surface area contributed by atoms with Gasteiger partial charge in [-0.05, 0) is 44.9 Å². The van der Waals surface area contributed by atoms with Crippen LogP contribution in [-0.4, -0.2) is 25.1 Å². The van der Waals surface area contributed by atoms with Gasteiger partial charge in [-0.25, -0.2) is 4.79 Å². The normalized spacial score (nSPS) is 10.7. The van der Waals surface area contributed by atoms with E-state index in [4.69, 9.17) is 32.7 Å². The number of thiophene rings is 1. The number of unbranched alkanes of at least 4 members (excludes halogenated alkanes) is 3. The minimum Gasteiger partial charge on any atom is -0.490 e. The average Bonchev–Trinajstić information content (AvgIpc) is 2.96. The molecule has 30 heavy (non-hydrogen) atoms. The van der Waals surface area contributed by atoms with Gasteiger partial charge in [0, 0.05) is 10.4 Å². The van der Waals surface area contributed by atoms with E-state index < -0.39 is 11.9 Å². The van der Waals surface area contributed by atoms with E-state index in [-0.39, 0.29) is 22.2 Å². The fourth-order valence-electron chi connectivity index (χ4n) is 2.87. The molecule has 0 unspecified atom stereocenters. The van der Waals surface area contributed by atoms with E-state index in [1.807, 2.05) is 13.8 Å². The van der Waals surface area contributed by atoms with Gasteiger partial charge >= 0.3 is 5.97 Å². The molecule has 1 N–H and O–H groups in total. The highest BCUT2D eigenvalue weighted by molar-refractivity contribution is 7.16. The molecule has 164 valence electrons. The zero-order valence-electron chi connectivity index (χ0n) is 17.7. The summed E-state index contributed by atoms with van der Waals surface area (Å²) < 4.78 is 10.8. The van der Waals surface area contributed by atoms with Crippen molar-refractivity contribution in [1.29, 1.82) is 0 Å². The molecule has 0 bridgehead atoms. The van der Waals surface area contributed by atoms with Crippen LogP contribution in [-0.2, 0) is 4.74 Å². The van der Waals surface area contributed by atoms with Crippen molar-refractivity contribution in [2.24, 2.45) is 0 Å². The van der Waals surface area contributed by atoms with Crippen molar-refractivity contribution < 1.29 is 19.1 Å². The minimum absolute atomic E-state index is 0.256. The van der Waals surface area contributed by atoms with E-state index in [9.17, 15) is 9.59 Å². The number of aryl methyl sites for hydroxylation is 1. The molecule has 1 amide bonds. The number of hydrogen-bond acceptors (Lipinski definition) is 5. The largest absolute Gasteiger partial charge is 0.490 e. The standard InChI is InChI=1S/C22H27Cl2NO4S/c1-5-7-8-9-10-29-19-16(23)11-15(12-17(19)24)20(26)25-21-18(22(27)28-6-2)13(3)14(4)30-21/h11-12H,5-10H2,1-4H3,(H,25,26). The van der Waals surface area contributed by atoms with E-state index >= 15 is 0 Å². The fourth-order valence-corrected chi connectivity index (χ4v) is 4.51. The van der Waals surface area contributed by atoms with Gasteiger partial charge in [-0.2, -0.15) is 0 Å². The van der Waals surface area contributed by atoms with Gasteiger partial charge in [-0.3, -0.25) is 4.79 Å². The third kappa shape index (κ3) is 6.13. The van der Waals surface area contributed by atoms with Gasteiger partial charge < -0.3 is 14.8 Å². The van der Waals surface area contributed by atoms with E-state index in [0.29, 0.717) is 22.9 Å². The Balaban J connectivity index is 2.17. The molecule has 0 aliphatic rings. The van der Waals surface area contributed by atoms with Gasteiger partial charge in [0.05, 0.1) is 28.8 Å². The van der Waals surface area contributed by atoms with Crippen LogP contribution in [0.2, 0.25) is 10.0 Å². The summed E-state index contributed by atoms with van der Waals surface area (Å²) in [6, 6.07) is 3.03. The van der Waals surface area contributed by atoms with Gasteiger partial charge in [-0.1, -0.05) is 49.4 Å². The topological polar surface area (TPSA) is 64.6 Å². The number of anilines is 1. The Hall–Kier alpha value is -1.76. The molecule has 0 atom stereocenters. The van der Waals surface area contributed by atoms with Crippen LogP contribution in [0.1, 0.15) is 70.7 Å². The zero-order chi connectivity index (χ0) is 22.3. The first-order chi connectivity index (χ1) is 14.3. The van der Waals surface area contributed by atoms with Crippen LogP contribution in [0.3, 0.4) is 0 Å². The molecule has 1 heterocycles. The molecule has 0 fully saturated rings. The quantitative estimate of drug-likeness (QED) is 0.297. The number of hydrogen-bond donors (Lipinski definition) is 1. The fraction of sp³-hybridized carbons (Fsp3) is 0.455. The SMILES string of the molecule is CCCCCCOc1c(Cl)cc(C(=O)Nc2sc(C)c(C)c2C(=O)OCC)cc1Cl. The Morgan fingerprint density at radius 3 is 2.33 bits per heavy atom. The Morgan fingerprint density at radius 1 is 1.07 bits per heavy atom. The van der Waals surface area contributed by atoms with Crippen molar-refractivity contribution >= 4 is 51.4 Å². The van der Waals surface area contributed by atoms with Crippen LogP contribution in [0.4, 0.5) is 5.00 Å². The maximum absolute atomic E-state index is 12.8. The second kappa shape index (κ2) is 11.6. The molecule has 1 aromatic heterocycles. The van der Waals surface area contributed by atoms with Gasteiger partial charge in [0.15, 0.2) is 5.75 Å². The second-order valence-electron chi connectivity index (χ2n) is 6.84. The molecule has 0 radical (unpaired) electrons. The van der Waals surface area contributed by atoms with Crippen LogP contribution >= 0.6 is 34.5 Å². The predicted octanol–water partition coefficient (Wildman–Crippen LogP) is 7.06. The molecule has 8 heteroatoms. The number of benzene rings is 1. The van der Waals surface area contributed by atoms with Crippen LogP contribution in [0.5, 0.6) is 5.75 Å². The molecule has 2 aromatic rings. The number of amides is 1. The summed E-state index contributed by atoms with van der Waals surface area (Å²) in [5, 5.41) is 3.77. The first kappa shape index (κ1) is 24.5. The van der Waals surface area contributed by atoms with Gasteiger partial charge in [0.25, 0.3) is 5.91 Å². The van der Waals surface area contributed by atoms with Crippen molar-refractivity contribution in [1.82, 2.24) is 0 Å². The molecule has 0 aliphatic heterocycles. The van der Waals surface area contributed by atoms with Crippen molar-refractivity contribution in [2.45, 2.75) is 53.4 Å². The molecule has 0 saturated heterocycles. The maximum Gasteiger partial charge on any atom is 0.341 e. The van der Waals surface area contributed by atoms with Crippen LogP contribution in [0.15, 0.2) is 12.1 Å². The smallest absolute Gasteiger partial charge is 0.341 e. The summed E-state index contributed by atoms with van der Waals surface area (Å²) in [5.74, 6) is -0.501. The minimum atomic E-state index is -0.461. The van der Waals surface area contributed by atoms with Crippen LogP contribution in [0, 0.1) is 13.8 Å². The second-order valence-corrected chi connectivity index (χ2v) is 8.88. The summed E-state index contributed by atoms with van der Waals surface area (Å²) in [5.41, 5.74) is 1.44. The lowest BCUT2D eigenvalue weighted by atomic mass is 10.1. The summed E-state index contributed by atoms with van der Waals surface area (Å²) in [4.78, 5) is 26.0. The molecule has 0 spiro atoms. The highest BCUT2D eigenvalue weighted by Gasteiger charge is 2.23. The highest BCUT2D eigenvalue weighted by Crippen LogP contribution is 2.36. The number of esters is 1. The summed E-state index contributed by atoms with van der Waals surface area (Å²) >= 11 is 14.0. The molecular formula is C22H27Cl2NO4S.